The Kier molecular flexibility index (Phi) is 4.97. The number of rotatable bonds is 4. The first-order valence-corrected chi connectivity index (χ1v) is 7.29. The summed E-state index contributed by atoms with van der Waals surface area (Å²) >= 11 is 0. The number of benzene rings is 1. The smallest absolute Gasteiger partial charge is 0.0620 e. The summed E-state index contributed by atoms with van der Waals surface area (Å²) < 4.78 is 5.55. The third-order valence-electron chi connectivity index (χ3n) is 4.04. The summed E-state index contributed by atoms with van der Waals surface area (Å²) in [5.41, 5.74) is 9.04. The molecule has 0 saturated carbocycles. The van der Waals surface area contributed by atoms with E-state index in [4.69, 9.17) is 10.5 Å². The van der Waals surface area contributed by atoms with Crippen LogP contribution < -0.4 is 5.73 Å². The molecule has 0 radical (unpaired) electrons. The van der Waals surface area contributed by atoms with Gasteiger partial charge in [0.25, 0.3) is 0 Å². The minimum atomic E-state index is 0.169. The number of morpholine rings is 1. The van der Waals surface area contributed by atoms with E-state index in [9.17, 15) is 0 Å². The molecule has 0 aliphatic carbocycles. The van der Waals surface area contributed by atoms with E-state index in [1.807, 2.05) is 0 Å². The highest BCUT2D eigenvalue weighted by molar-refractivity contribution is 5.26. The van der Waals surface area contributed by atoms with E-state index in [1.54, 1.807) is 0 Å². The summed E-state index contributed by atoms with van der Waals surface area (Å²) in [6, 6.07) is 9.63. The highest BCUT2D eigenvalue weighted by Gasteiger charge is 2.31. The average molecular weight is 262 g/mol. The molecule has 1 fully saturated rings. The zero-order chi connectivity index (χ0) is 13.8. The largest absolute Gasteiger partial charge is 0.379 e. The van der Waals surface area contributed by atoms with Gasteiger partial charge in [0.2, 0.25) is 0 Å². The topological polar surface area (TPSA) is 38.5 Å². The zero-order valence-corrected chi connectivity index (χ0v) is 12.3. The predicted octanol–water partition coefficient (Wildman–Crippen LogP) is 2.49. The van der Waals surface area contributed by atoms with Gasteiger partial charge in [-0.3, -0.25) is 4.90 Å². The molecule has 1 saturated heterocycles. The van der Waals surface area contributed by atoms with Gasteiger partial charge in [0.15, 0.2) is 0 Å². The molecule has 3 heteroatoms. The first-order chi connectivity index (χ1) is 9.13. The lowest BCUT2D eigenvalue weighted by molar-refractivity contribution is -0.0282. The monoisotopic (exact) mass is 262 g/mol. The van der Waals surface area contributed by atoms with E-state index in [0.29, 0.717) is 12.1 Å². The Hall–Kier alpha value is -0.900. The van der Waals surface area contributed by atoms with Gasteiger partial charge >= 0.3 is 0 Å². The highest BCUT2D eigenvalue weighted by Crippen LogP contribution is 2.28. The van der Waals surface area contributed by atoms with Crippen LogP contribution in [0.25, 0.3) is 0 Å². The predicted molar refractivity (Wildman–Crippen MR) is 79.2 cm³/mol. The van der Waals surface area contributed by atoms with Crippen molar-refractivity contribution in [3.63, 3.8) is 0 Å². The van der Waals surface area contributed by atoms with Crippen molar-refractivity contribution in [1.82, 2.24) is 4.90 Å². The van der Waals surface area contributed by atoms with E-state index in [2.05, 4.69) is 49.9 Å². The third kappa shape index (κ3) is 3.35. The van der Waals surface area contributed by atoms with Crippen molar-refractivity contribution in [2.45, 2.75) is 45.3 Å². The Morgan fingerprint density at radius 2 is 2.26 bits per heavy atom. The van der Waals surface area contributed by atoms with Crippen molar-refractivity contribution in [2.75, 3.05) is 19.8 Å². The summed E-state index contributed by atoms with van der Waals surface area (Å²) in [5, 5.41) is 0. The minimum Gasteiger partial charge on any atom is -0.379 e. The number of nitrogens with zero attached hydrogens (tertiary/aromatic N) is 1. The molecule has 1 aromatic carbocycles. The van der Waals surface area contributed by atoms with Crippen LogP contribution in [0.5, 0.6) is 0 Å². The number of nitrogens with two attached hydrogens (primary N) is 1. The van der Waals surface area contributed by atoms with Gasteiger partial charge in [-0.2, -0.15) is 0 Å². The van der Waals surface area contributed by atoms with E-state index in [1.165, 1.54) is 11.1 Å². The molecular weight excluding hydrogens is 236 g/mol. The number of aryl methyl sites for hydroxylation is 1. The molecule has 0 spiro atoms. The number of hydrogen-bond donors (Lipinski definition) is 1. The number of hydrogen-bond acceptors (Lipinski definition) is 3. The Labute approximate surface area is 116 Å². The van der Waals surface area contributed by atoms with Crippen LogP contribution in [0.15, 0.2) is 24.3 Å². The summed E-state index contributed by atoms with van der Waals surface area (Å²) in [6.45, 7) is 9.11. The molecule has 19 heavy (non-hydrogen) atoms. The van der Waals surface area contributed by atoms with Gasteiger partial charge in [0.05, 0.1) is 19.3 Å². The summed E-state index contributed by atoms with van der Waals surface area (Å²) in [4.78, 5) is 2.51. The molecule has 3 unspecified atom stereocenters. The van der Waals surface area contributed by atoms with E-state index < -0.39 is 0 Å². The first kappa shape index (κ1) is 14.5. The van der Waals surface area contributed by atoms with Gasteiger partial charge in [-0.25, -0.2) is 0 Å². The van der Waals surface area contributed by atoms with Crippen molar-refractivity contribution in [3.8, 4) is 0 Å². The molecule has 106 valence electrons. The fourth-order valence-electron chi connectivity index (χ4n) is 2.92. The molecule has 3 nitrogen and oxygen atoms in total. The molecule has 0 bridgehead atoms. The normalized spacial score (nSPS) is 24.1. The van der Waals surface area contributed by atoms with Crippen molar-refractivity contribution in [1.29, 1.82) is 0 Å². The molecule has 3 atom stereocenters. The second kappa shape index (κ2) is 6.51. The number of ether oxygens (including phenoxy) is 1. The Bertz CT molecular complexity index is 407. The molecule has 2 N–H and O–H groups in total. The van der Waals surface area contributed by atoms with Crippen LogP contribution in [0.4, 0.5) is 0 Å². The lowest BCUT2D eigenvalue weighted by Crippen LogP contribution is -2.50. The van der Waals surface area contributed by atoms with Gasteiger partial charge in [-0.05, 0) is 25.8 Å². The van der Waals surface area contributed by atoms with Crippen LogP contribution in [0.2, 0.25) is 0 Å². The fraction of sp³-hybridized carbons (Fsp3) is 0.625. The second-order valence-corrected chi connectivity index (χ2v) is 5.59. The maximum Gasteiger partial charge on any atom is 0.0620 e. The quantitative estimate of drug-likeness (QED) is 0.906. The Morgan fingerprint density at radius 3 is 2.89 bits per heavy atom. The molecule has 1 aromatic rings. The van der Waals surface area contributed by atoms with Crippen LogP contribution in [0, 0.1) is 6.92 Å². The van der Waals surface area contributed by atoms with Crippen molar-refractivity contribution >= 4 is 0 Å². The molecule has 1 heterocycles. The van der Waals surface area contributed by atoms with Crippen molar-refractivity contribution < 1.29 is 4.74 Å². The summed E-state index contributed by atoms with van der Waals surface area (Å²) in [7, 11) is 0. The van der Waals surface area contributed by atoms with Gasteiger partial charge in [0.1, 0.15) is 0 Å². The molecule has 0 aromatic heterocycles. The summed E-state index contributed by atoms with van der Waals surface area (Å²) in [6.07, 6.45) is 0.989. The van der Waals surface area contributed by atoms with E-state index in [-0.39, 0.29) is 6.04 Å². The van der Waals surface area contributed by atoms with Gasteiger partial charge < -0.3 is 10.5 Å². The average Bonchev–Trinajstić information content (AvgIpc) is 2.41. The highest BCUT2D eigenvalue weighted by atomic mass is 16.5. The minimum absolute atomic E-state index is 0.169. The maximum atomic E-state index is 6.41. The second-order valence-electron chi connectivity index (χ2n) is 5.59. The molecule has 0 amide bonds. The van der Waals surface area contributed by atoms with Gasteiger partial charge in [-0.15, -0.1) is 0 Å². The molecule has 1 aliphatic rings. The van der Waals surface area contributed by atoms with Crippen molar-refractivity contribution in [3.05, 3.63) is 35.4 Å². The maximum absolute atomic E-state index is 6.41. The first-order valence-electron chi connectivity index (χ1n) is 7.29. The van der Waals surface area contributed by atoms with Crippen LogP contribution >= 0.6 is 0 Å². The Balaban J connectivity index is 2.29. The lowest BCUT2D eigenvalue weighted by Gasteiger charge is -2.42. The zero-order valence-electron chi connectivity index (χ0n) is 12.3. The third-order valence-corrected chi connectivity index (χ3v) is 4.04. The lowest BCUT2D eigenvalue weighted by atomic mass is 9.93. The van der Waals surface area contributed by atoms with E-state index in [0.717, 1.165) is 26.2 Å². The standard InChI is InChI=1S/C16H26N2O/c1-4-15(17)16(14-7-5-6-12(2)10-14)18-8-9-19-11-13(18)3/h5-7,10,13,15-16H,4,8-9,11,17H2,1-3H3. The summed E-state index contributed by atoms with van der Waals surface area (Å²) in [5.74, 6) is 0. The van der Waals surface area contributed by atoms with Crippen LogP contribution in [0.1, 0.15) is 37.4 Å². The molecular formula is C16H26N2O. The molecule has 1 aliphatic heterocycles. The van der Waals surface area contributed by atoms with Crippen LogP contribution in [0.3, 0.4) is 0 Å². The fourth-order valence-corrected chi connectivity index (χ4v) is 2.92. The van der Waals surface area contributed by atoms with Crippen LogP contribution in [-0.2, 0) is 4.74 Å². The Morgan fingerprint density at radius 1 is 1.47 bits per heavy atom. The van der Waals surface area contributed by atoms with Gasteiger partial charge in [0, 0.05) is 18.6 Å². The molecule has 2 rings (SSSR count). The SMILES string of the molecule is CCC(N)C(c1cccc(C)c1)N1CCOCC1C. The van der Waals surface area contributed by atoms with Crippen LogP contribution in [-0.4, -0.2) is 36.7 Å². The van der Waals surface area contributed by atoms with E-state index >= 15 is 0 Å². The van der Waals surface area contributed by atoms with Gasteiger partial charge in [-0.1, -0.05) is 36.8 Å². The van der Waals surface area contributed by atoms with Crippen molar-refractivity contribution in [2.24, 2.45) is 5.73 Å².